The van der Waals surface area contributed by atoms with E-state index in [1.165, 1.54) is 0 Å². The number of amides is 2. The highest BCUT2D eigenvalue weighted by atomic mass is 79.9. The minimum absolute atomic E-state index is 0.282. The molecule has 5 N–H and O–H groups in total. The number of benzene rings is 1. The number of guanidine groups is 1. The third-order valence-corrected chi connectivity index (χ3v) is 3.47. The van der Waals surface area contributed by atoms with Crippen LogP contribution in [0.1, 0.15) is 12.5 Å². The Morgan fingerprint density at radius 1 is 1.47 bits per heavy atom. The average molecular weight is 300 g/mol. The molecule has 0 saturated carbocycles. The van der Waals surface area contributed by atoms with Crippen LogP contribution in [-0.2, 0) is 0 Å². The van der Waals surface area contributed by atoms with Crippen LogP contribution in [0.5, 0.6) is 0 Å². The summed E-state index contributed by atoms with van der Waals surface area (Å²) in [6, 6.07) is 4.86. The van der Waals surface area contributed by atoms with Crippen molar-refractivity contribution in [1.82, 2.24) is 4.48 Å². The Morgan fingerprint density at radius 3 is 2.41 bits per heavy atom. The third-order valence-electron chi connectivity index (χ3n) is 2.83. The van der Waals surface area contributed by atoms with Crippen LogP contribution in [0.3, 0.4) is 0 Å². The second-order valence-corrected chi connectivity index (χ2v) is 4.61. The Bertz CT molecular complexity index is 438. The second-order valence-electron chi connectivity index (χ2n) is 3.75. The summed E-state index contributed by atoms with van der Waals surface area (Å²) >= 11 is 3.38. The van der Waals surface area contributed by atoms with E-state index in [4.69, 9.17) is 16.9 Å². The van der Waals surface area contributed by atoms with Gasteiger partial charge in [0.25, 0.3) is 0 Å². The summed E-state index contributed by atoms with van der Waals surface area (Å²) in [6.45, 7) is 3.92. The van der Waals surface area contributed by atoms with Crippen LogP contribution in [0.4, 0.5) is 10.5 Å². The van der Waals surface area contributed by atoms with Gasteiger partial charge in [0.2, 0.25) is 0 Å². The number of nitrogens with zero attached hydrogens (tertiary/aromatic N) is 1. The third kappa shape index (κ3) is 2.05. The molecule has 0 aliphatic heterocycles. The van der Waals surface area contributed by atoms with Crippen molar-refractivity contribution in [3.8, 4) is 0 Å². The number of nitrogens with two attached hydrogens (primary N) is 2. The number of hydrogen-bond donors (Lipinski definition) is 3. The summed E-state index contributed by atoms with van der Waals surface area (Å²) in [6.07, 6.45) is 0. The van der Waals surface area contributed by atoms with Crippen LogP contribution in [0.2, 0.25) is 0 Å². The van der Waals surface area contributed by atoms with Gasteiger partial charge in [0.05, 0.1) is 11.0 Å². The van der Waals surface area contributed by atoms with E-state index in [1.54, 1.807) is 13.0 Å². The normalized spacial score (nSPS) is 14.1. The Labute approximate surface area is 109 Å². The fourth-order valence-electron chi connectivity index (χ4n) is 1.94. The Hall–Kier alpha value is -1.40. The van der Waals surface area contributed by atoms with Gasteiger partial charge in [-0.3, -0.25) is 0 Å². The molecule has 0 heterocycles. The van der Waals surface area contributed by atoms with E-state index in [2.05, 4.69) is 15.9 Å². The molecule has 0 radical (unpaired) electrons. The maximum Gasteiger partial charge on any atom is 0.426 e. The van der Waals surface area contributed by atoms with Crippen molar-refractivity contribution < 1.29 is 4.79 Å². The summed E-state index contributed by atoms with van der Waals surface area (Å²) < 4.78 is 0.251. The van der Waals surface area contributed by atoms with Crippen LogP contribution >= 0.6 is 15.9 Å². The van der Waals surface area contributed by atoms with Crippen molar-refractivity contribution in [2.45, 2.75) is 13.8 Å². The minimum atomic E-state index is -0.657. The standard InChI is InChI=1S/C11H15BrN4O/c1-3-16(10(13)14,11(15)17)9-7(2)5-4-6-8(9)12/h4-6H,3H2,1-2H3,(H4-,13,14,15,17)/p+1. The summed E-state index contributed by atoms with van der Waals surface area (Å²) in [5, 5.41) is 7.69. The zero-order valence-corrected chi connectivity index (χ0v) is 11.4. The predicted octanol–water partition coefficient (Wildman–Crippen LogP) is 2.06. The number of hydrogen-bond acceptors (Lipinski definition) is 2. The van der Waals surface area contributed by atoms with Gasteiger partial charge in [-0.1, -0.05) is 12.1 Å². The van der Waals surface area contributed by atoms with Gasteiger partial charge < -0.3 is 11.5 Å². The first-order valence-corrected chi connectivity index (χ1v) is 5.95. The Morgan fingerprint density at radius 2 is 2.06 bits per heavy atom. The van der Waals surface area contributed by atoms with Crippen molar-refractivity contribution in [1.29, 1.82) is 5.41 Å². The number of aryl methyl sites for hydroxylation is 1. The van der Waals surface area contributed by atoms with Crippen LogP contribution in [0, 0.1) is 12.3 Å². The maximum atomic E-state index is 11.8. The Kier molecular flexibility index (Phi) is 3.90. The fourth-order valence-corrected chi connectivity index (χ4v) is 2.71. The van der Waals surface area contributed by atoms with Gasteiger partial charge in [-0.15, -0.1) is 4.48 Å². The summed E-state index contributed by atoms with van der Waals surface area (Å²) in [4.78, 5) is 11.8. The van der Waals surface area contributed by atoms with Crippen LogP contribution in [0.25, 0.3) is 0 Å². The molecule has 1 aromatic carbocycles. The summed E-state index contributed by atoms with van der Waals surface area (Å²) in [7, 11) is 0. The highest BCUT2D eigenvalue weighted by Gasteiger charge is 2.43. The van der Waals surface area contributed by atoms with Gasteiger partial charge in [0, 0.05) is 5.56 Å². The highest BCUT2D eigenvalue weighted by Crippen LogP contribution is 2.34. The minimum Gasteiger partial charge on any atom is -0.337 e. The van der Waals surface area contributed by atoms with Gasteiger partial charge in [-0.2, -0.15) is 0 Å². The number of carbonyl (C=O) groups is 1. The smallest absolute Gasteiger partial charge is 0.337 e. The number of carbonyl (C=O) groups excluding carboxylic acids is 1. The molecule has 92 valence electrons. The monoisotopic (exact) mass is 299 g/mol. The zero-order chi connectivity index (χ0) is 13.2. The van der Waals surface area contributed by atoms with E-state index < -0.39 is 10.5 Å². The number of halogens is 1. The highest BCUT2D eigenvalue weighted by molar-refractivity contribution is 9.10. The lowest BCUT2D eigenvalue weighted by Gasteiger charge is -2.31. The first kappa shape index (κ1) is 13.7. The topological polar surface area (TPSA) is 93.0 Å². The molecule has 0 aliphatic rings. The molecule has 0 bridgehead atoms. The van der Waals surface area contributed by atoms with E-state index in [9.17, 15) is 4.79 Å². The van der Waals surface area contributed by atoms with Crippen molar-refractivity contribution in [3.05, 3.63) is 28.2 Å². The quantitative estimate of drug-likeness (QED) is 0.443. The fraction of sp³-hybridized carbons (Fsp3) is 0.273. The number of urea groups is 1. The molecule has 0 fully saturated rings. The molecular weight excluding hydrogens is 284 g/mol. The van der Waals surface area contributed by atoms with E-state index in [1.807, 2.05) is 19.1 Å². The van der Waals surface area contributed by atoms with Crippen molar-refractivity contribution >= 4 is 33.6 Å². The number of quaternary nitrogens is 1. The first-order valence-electron chi connectivity index (χ1n) is 5.16. The van der Waals surface area contributed by atoms with Crippen molar-refractivity contribution in [2.75, 3.05) is 6.54 Å². The lowest BCUT2D eigenvalue weighted by molar-refractivity contribution is 0.230. The second kappa shape index (κ2) is 4.85. The molecule has 0 aliphatic carbocycles. The van der Waals surface area contributed by atoms with E-state index in [-0.39, 0.29) is 5.96 Å². The predicted molar refractivity (Wildman–Crippen MR) is 72.7 cm³/mol. The molecule has 1 atom stereocenters. The molecule has 1 rings (SSSR count). The molecule has 1 aromatic rings. The van der Waals surface area contributed by atoms with E-state index >= 15 is 0 Å². The van der Waals surface area contributed by atoms with Gasteiger partial charge in [-0.05, 0) is 35.8 Å². The van der Waals surface area contributed by atoms with E-state index in [0.717, 1.165) is 5.56 Å². The Balaban J connectivity index is 3.64. The molecular formula is C11H16BrN4O+. The lowest BCUT2D eigenvalue weighted by Crippen LogP contribution is -2.64. The van der Waals surface area contributed by atoms with Crippen LogP contribution in [-0.4, -0.2) is 18.5 Å². The molecule has 17 heavy (non-hydrogen) atoms. The SMILES string of the molecule is CC[N+](C(=N)N)(C(N)=O)c1c(C)cccc1Br. The van der Waals surface area contributed by atoms with Crippen molar-refractivity contribution in [2.24, 2.45) is 11.5 Å². The van der Waals surface area contributed by atoms with Gasteiger partial charge in [-0.25, -0.2) is 10.2 Å². The van der Waals surface area contributed by atoms with Crippen LogP contribution in [0.15, 0.2) is 22.7 Å². The molecule has 2 amide bonds. The van der Waals surface area contributed by atoms with Crippen molar-refractivity contribution in [3.63, 3.8) is 0 Å². The molecule has 5 nitrogen and oxygen atoms in total. The summed E-state index contributed by atoms with van der Waals surface area (Å²) in [5.41, 5.74) is 12.5. The van der Waals surface area contributed by atoms with Gasteiger partial charge in [0.1, 0.15) is 0 Å². The number of para-hydroxylation sites is 1. The first-order chi connectivity index (χ1) is 7.87. The molecule has 1 unspecified atom stereocenters. The largest absolute Gasteiger partial charge is 0.426 e. The van der Waals surface area contributed by atoms with Gasteiger partial charge >= 0.3 is 12.0 Å². The van der Waals surface area contributed by atoms with Gasteiger partial charge in [0.15, 0.2) is 5.69 Å². The number of primary amides is 1. The molecule has 0 aromatic heterocycles. The zero-order valence-electron chi connectivity index (χ0n) is 9.83. The average Bonchev–Trinajstić information content (AvgIpc) is 2.22. The van der Waals surface area contributed by atoms with Crippen LogP contribution < -0.4 is 16.0 Å². The molecule has 6 heteroatoms. The number of nitrogens with one attached hydrogen (secondary N) is 1. The summed E-state index contributed by atoms with van der Waals surface area (Å²) in [5.74, 6) is -0.282. The maximum absolute atomic E-state index is 11.8. The lowest BCUT2D eigenvalue weighted by atomic mass is 10.1. The molecule has 0 saturated heterocycles. The van der Waals surface area contributed by atoms with E-state index in [0.29, 0.717) is 16.7 Å². The number of rotatable bonds is 2. The molecule has 0 spiro atoms.